The number of carbonyl (C=O) groups is 2. The van der Waals surface area contributed by atoms with Crippen molar-refractivity contribution in [3.63, 3.8) is 0 Å². The van der Waals surface area contributed by atoms with Crippen molar-refractivity contribution >= 4 is 17.5 Å². The summed E-state index contributed by atoms with van der Waals surface area (Å²) >= 11 is 0. The van der Waals surface area contributed by atoms with Crippen LogP contribution in [0, 0.1) is 0 Å². The first-order valence-corrected chi connectivity index (χ1v) is 8.75. The van der Waals surface area contributed by atoms with Crippen LogP contribution in [0.4, 0.5) is 5.69 Å². The summed E-state index contributed by atoms with van der Waals surface area (Å²) in [6.45, 7) is 2.53. The fourth-order valence-corrected chi connectivity index (χ4v) is 3.47. The predicted octanol–water partition coefficient (Wildman–Crippen LogP) is 1.81. The van der Waals surface area contributed by atoms with Crippen molar-refractivity contribution < 1.29 is 14.3 Å². The van der Waals surface area contributed by atoms with Gasteiger partial charge in [-0.15, -0.1) is 0 Å². The van der Waals surface area contributed by atoms with E-state index in [9.17, 15) is 9.59 Å². The van der Waals surface area contributed by atoms with Crippen molar-refractivity contribution in [1.29, 1.82) is 0 Å². The zero-order valence-corrected chi connectivity index (χ0v) is 14.0. The van der Waals surface area contributed by atoms with Crippen LogP contribution in [0.15, 0.2) is 24.3 Å². The number of hydrogen-bond donors (Lipinski definition) is 3. The Bertz CT molecular complexity index is 588. The van der Waals surface area contributed by atoms with E-state index in [0.29, 0.717) is 18.3 Å². The largest absolute Gasteiger partial charge is 0.494 e. The first-order valence-electron chi connectivity index (χ1n) is 8.75. The number of benzene rings is 1. The van der Waals surface area contributed by atoms with Crippen molar-refractivity contribution in [2.24, 2.45) is 0 Å². The Morgan fingerprint density at radius 2 is 1.92 bits per heavy atom. The lowest BCUT2D eigenvalue weighted by molar-refractivity contribution is -0.129. The fraction of sp³-hybridized carbons (Fsp3) is 0.556. The van der Waals surface area contributed by atoms with Crippen LogP contribution in [-0.2, 0) is 9.59 Å². The lowest BCUT2D eigenvalue weighted by atomic mass is 9.87. The number of amides is 2. The van der Waals surface area contributed by atoms with E-state index in [4.69, 9.17) is 4.74 Å². The summed E-state index contributed by atoms with van der Waals surface area (Å²) in [6, 6.07) is 7.29. The Balaban J connectivity index is 1.53. The topological polar surface area (TPSA) is 79.5 Å². The Kier molecular flexibility index (Phi) is 5.35. The SMILES string of the molecule is CCOc1ccc(NC(=O)C[C@@H]2N[C@@H]3CCCC[C@@H]3NC2=O)cc1. The minimum Gasteiger partial charge on any atom is -0.494 e. The van der Waals surface area contributed by atoms with Crippen molar-refractivity contribution in [3.05, 3.63) is 24.3 Å². The number of nitrogens with one attached hydrogen (secondary N) is 3. The van der Waals surface area contributed by atoms with E-state index in [0.717, 1.165) is 25.0 Å². The van der Waals surface area contributed by atoms with Crippen LogP contribution >= 0.6 is 0 Å². The summed E-state index contributed by atoms with van der Waals surface area (Å²) in [7, 11) is 0. The van der Waals surface area contributed by atoms with E-state index in [1.807, 2.05) is 19.1 Å². The van der Waals surface area contributed by atoms with Gasteiger partial charge in [0.1, 0.15) is 5.75 Å². The van der Waals surface area contributed by atoms with Gasteiger partial charge in [-0.1, -0.05) is 12.8 Å². The van der Waals surface area contributed by atoms with Crippen LogP contribution in [0.5, 0.6) is 5.75 Å². The molecule has 0 spiro atoms. The van der Waals surface area contributed by atoms with Gasteiger partial charge in [0.05, 0.1) is 19.1 Å². The Labute approximate surface area is 142 Å². The Morgan fingerprint density at radius 3 is 2.62 bits per heavy atom. The molecule has 6 nitrogen and oxygen atoms in total. The first-order chi connectivity index (χ1) is 11.7. The minimum atomic E-state index is -0.452. The quantitative estimate of drug-likeness (QED) is 0.769. The maximum atomic E-state index is 12.2. The van der Waals surface area contributed by atoms with E-state index in [2.05, 4.69) is 16.0 Å². The van der Waals surface area contributed by atoms with Crippen molar-refractivity contribution in [1.82, 2.24) is 10.6 Å². The smallest absolute Gasteiger partial charge is 0.237 e. The summed E-state index contributed by atoms with van der Waals surface area (Å²) < 4.78 is 5.38. The molecule has 1 saturated carbocycles. The lowest BCUT2D eigenvalue weighted by Gasteiger charge is -2.40. The minimum absolute atomic E-state index is 0.0695. The van der Waals surface area contributed by atoms with E-state index >= 15 is 0 Å². The summed E-state index contributed by atoms with van der Waals surface area (Å²) in [4.78, 5) is 24.4. The van der Waals surface area contributed by atoms with Gasteiger partial charge >= 0.3 is 0 Å². The van der Waals surface area contributed by atoms with Gasteiger partial charge in [-0.3, -0.25) is 9.59 Å². The number of ether oxygens (including phenoxy) is 1. The second kappa shape index (κ2) is 7.66. The molecule has 130 valence electrons. The monoisotopic (exact) mass is 331 g/mol. The van der Waals surface area contributed by atoms with Gasteiger partial charge in [0.25, 0.3) is 0 Å². The maximum Gasteiger partial charge on any atom is 0.237 e. The summed E-state index contributed by atoms with van der Waals surface area (Å²) in [6.07, 6.45) is 4.56. The van der Waals surface area contributed by atoms with Crippen molar-refractivity contribution in [3.8, 4) is 5.75 Å². The molecule has 1 aromatic carbocycles. The van der Waals surface area contributed by atoms with Gasteiger partial charge in [-0.05, 0) is 44.0 Å². The average molecular weight is 331 g/mol. The highest BCUT2D eigenvalue weighted by Crippen LogP contribution is 2.22. The summed E-state index contributed by atoms with van der Waals surface area (Å²) in [5, 5.41) is 9.25. The van der Waals surface area contributed by atoms with Gasteiger partial charge in [-0.2, -0.15) is 0 Å². The number of carbonyl (C=O) groups excluding carboxylic acids is 2. The normalized spacial score (nSPS) is 26.2. The molecular formula is C18H25N3O3. The lowest BCUT2D eigenvalue weighted by Crippen LogP contribution is -2.65. The predicted molar refractivity (Wildman–Crippen MR) is 92.0 cm³/mol. The van der Waals surface area contributed by atoms with Gasteiger partial charge in [0.15, 0.2) is 0 Å². The van der Waals surface area contributed by atoms with Crippen molar-refractivity contribution in [2.45, 2.75) is 57.2 Å². The molecule has 3 atom stereocenters. The number of piperazine rings is 1. The number of rotatable bonds is 5. The molecule has 0 bridgehead atoms. The fourth-order valence-electron chi connectivity index (χ4n) is 3.47. The van der Waals surface area contributed by atoms with Gasteiger partial charge in [-0.25, -0.2) is 0 Å². The van der Waals surface area contributed by atoms with Gasteiger partial charge in [0, 0.05) is 17.8 Å². The van der Waals surface area contributed by atoms with Crippen LogP contribution in [0.1, 0.15) is 39.0 Å². The highest BCUT2D eigenvalue weighted by atomic mass is 16.5. The van der Waals surface area contributed by atoms with Crippen LogP contribution in [0.3, 0.4) is 0 Å². The molecule has 1 aliphatic carbocycles. The molecule has 3 rings (SSSR count). The molecule has 6 heteroatoms. The van der Waals surface area contributed by atoms with Gasteiger partial charge in [0.2, 0.25) is 11.8 Å². The molecule has 1 saturated heterocycles. The molecule has 0 radical (unpaired) electrons. The molecule has 1 aliphatic heterocycles. The summed E-state index contributed by atoms with van der Waals surface area (Å²) in [5.41, 5.74) is 0.704. The molecule has 24 heavy (non-hydrogen) atoms. The molecule has 0 aromatic heterocycles. The number of hydrogen-bond acceptors (Lipinski definition) is 4. The van der Waals surface area contributed by atoms with Crippen LogP contribution in [0.25, 0.3) is 0 Å². The zero-order valence-electron chi connectivity index (χ0n) is 14.0. The molecule has 2 amide bonds. The average Bonchev–Trinajstić information content (AvgIpc) is 2.57. The van der Waals surface area contributed by atoms with Crippen LogP contribution in [0.2, 0.25) is 0 Å². The highest BCUT2D eigenvalue weighted by Gasteiger charge is 2.36. The molecule has 2 aliphatic rings. The standard InChI is InChI=1S/C18H25N3O3/c1-2-24-13-9-7-12(8-10-13)19-17(22)11-16-18(23)21-15-6-4-3-5-14(15)20-16/h7-10,14-16,20H,2-6,11H2,1H3,(H,19,22)(H,21,23)/t14-,15+,16+/m1/s1. The van der Waals surface area contributed by atoms with Gasteiger partial charge < -0.3 is 20.7 Å². The van der Waals surface area contributed by atoms with E-state index < -0.39 is 6.04 Å². The number of fused-ring (bicyclic) bond motifs is 1. The van der Waals surface area contributed by atoms with Crippen molar-refractivity contribution in [2.75, 3.05) is 11.9 Å². The maximum absolute atomic E-state index is 12.2. The molecule has 3 N–H and O–H groups in total. The third-order valence-electron chi connectivity index (χ3n) is 4.66. The second-order valence-electron chi connectivity index (χ2n) is 6.43. The first kappa shape index (κ1) is 16.8. The third-order valence-corrected chi connectivity index (χ3v) is 4.66. The second-order valence-corrected chi connectivity index (χ2v) is 6.43. The van der Waals surface area contributed by atoms with E-state index in [1.165, 1.54) is 6.42 Å². The van der Waals surface area contributed by atoms with Crippen LogP contribution < -0.4 is 20.7 Å². The molecule has 1 aromatic rings. The van der Waals surface area contributed by atoms with E-state index in [-0.39, 0.29) is 24.3 Å². The highest BCUT2D eigenvalue weighted by molar-refractivity contribution is 5.95. The Hall–Kier alpha value is -2.08. The zero-order chi connectivity index (χ0) is 16.9. The molecule has 2 fully saturated rings. The van der Waals surface area contributed by atoms with E-state index in [1.54, 1.807) is 12.1 Å². The number of anilines is 1. The third kappa shape index (κ3) is 4.06. The summed E-state index contributed by atoms with van der Waals surface area (Å²) in [5.74, 6) is 0.535. The van der Waals surface area contributed by atoms with Crippen LogP contribution in [-0.4, -0.2) is 36.5 Å². The molecular weight excluding hydrogens is 306 g/mol. The molecule has 0 unspecified atom stereocenters. The Morgan fingerprint density at radius 1 is 1.21 bits per heavy atom. The molecule has 1 heterocycles.